The van der Waals surface area contributed by atoms with E-state index in [2.05, 4.69) is 0 Å². The highest BCUT2D eigenvalue weighted by atomic mass is 19.4. The fourth-order valence-electron chi connectivity index (χ4n) is 2.71. The SMILES string of the molecule is FC(F)(F)c1cc(OCc2ccccc2)c(C(F)(F)F)cc1OCc1ccccc1. The Kier molecular flexibility index (Phi) is 6.24. The second-order valence-corrected chi connectivity index (χ2v) is 6.39. The molecule has 0 aliphatic rings. The number of alkyl halides is 6. The molecule has 30 heavy (non-hydrogen) atoms. The lowest BCUT2D eigenvalue weighted by molar-refractivity contribution is -0.143. The van der Waals surface area contributed by atoms with Crippen molar-refractivity contribution in [1.82, 2.24) is 0 Å². The van der Waals surface area contributed by atoms with Gasteiger partial charge in [0.15, 0.2) is 0 Å². The van der Waals surface area contributed by atoms with Crippen LogP contribution in [0.15, 0.2) is 72.8 Å². The van der Waals surface area contributed by atoms with Crippen molar-refractivity contribution in [2.24, 2.45) is 0 Å². The zero-order valence-electron chi connectivity index (χ0n) is 15.4. The topological polar surface area (TPSA) is 18.5 Å². The third-order valence-electron chi connectivity index (χ3n) is 4.17. The molecule has 0 fully saturated rings. The molecule has 0 aliphatic heterocycles. The molecule has 0 spiro atoms. The Bertz CT molecular complexity index is 885. The smallest absolute Gasteiger partial charge is 0.420 e. The van der Waals surface area contributed by atoms with Gasteiger partial charge in [-0.15, -0.1) is 0 Å². The summed E-state index contributed by atoms with van der Waals surface area (Å²) >= 11 is 0. The Hall–Kier alpha value is -3.16. The third kappa shape index (κ3) is 5.46. The molecule has 0 saturated carbocycles. The first-order chi connectivity index (χ1) is 14.1. The minimum absolute atomic E-state index is 0.314. The van der Waals surface area contributed by atoms with Crippen LogP contribution in [0.4, 0.5) is 26.3 Å². The van der Waals surface area contributed by atoms with E-state index in [1.165, 1.54) is 0 Å². The average molecular weight is 426 g/mol. The summed E-state index contributed by atoms with van der Waals surface area (Å²) in [6.07, 6.45) is -9.86. The van der Waals surface area contributed by atoms with E-state index in [4.69, 9.17) is 9.47 Å². The molecule has 0 saturated heterocycles. The van der Waals surface area contributed by atoms with Gasteiger partial charge in [-0.3, -0.25) is 0 Å². The third-order valence-corrected chi connectivity index (χ3v) is 4.17. The number of benzene rings is 3. The van der Waals surface area contributed by atoms with Gasteiger partial charge in [0.1, 0.15) is 35.8 Å². The van der Waals surface area contributed by atoms with Crippen molar-refractivity contribution < 1.29 is 35.8 Å². The molecule has 0 aliphatic carbocycles. The quantitative estimate of drug-likeness (QED) is 0.400. The van der Waals surface area contributed by atoms with E-state index in [0.29, 0.717) is 23.3 Å². The molecular weight excluding hydrogens is 410 g/mol. The maximum Gasteiger partial charge on any atom is 0.420 e. The van der Waals surface area contributed by atoms with Gasteiger partial charge in [0.2, 0.25) is 0 Å². The van der Waals surface area contributed by atoms with Gasteiger partial charge in [0.05, 0.1) is 0 Å². The van der Waals surface area contributed by atoms with Crippen LogP contribution in [-0.4, -0.2) is 0 Å². The van der Waals surface area contributed by atoms with Crippen LogP contribution in [0.25, 0.3) is 0 Å². The Morgan fingerprint density at radius 1 is 0.533 bits per heavy atom. The van der Waals surface area contributed by atoms with Gasteiger partial charge in [-0.05, 0) is 23.3 Å². The molecule has 3 aromatic carbocycles. The van der Waals surface area contributed by atoms with Crippen LogP contribution in [-0.2, 0) is 25.6 Å². The highest BCUT2D eigenvalue weighted by Gasteiger charge is 2.41. The summed E-state index contributed by atoms with van der Waals surface area (Å²) < 4.78 is 91.4. The first-order valence-electron chi connectivity index (χ1n) is 8.80. The van der Waals surface area contributed by atoms with Crippen molar-refractivity contribution in [2.45, 2.75) is 25.6 Å². The van der Waals surface area contributed by atoms with Gasteiger partial charge in [-0.25, -0.2) is 0 Å². The van der Waals surface area contributed by atoms with Gasteiger partial charge in [0, 0.05) is 0 Å². The van der Waals surface area contributed by atoms with E-state index in [1.54, 1.807) is 60.7 Å². The van der Waals surface area contributed by atoms with Gasteiger partial charge >= 0.3 is 12.4 Å². The number of rotatable bonds is 6. The highest BCUT2D eigenvalue weighted by Crippen LogP contribution is 2.45. The van der Waals surface area contributed by atoms with Crippen molar-refractivity contribution in [3.8, 4) is 11.5 Å². The van der Waals surface area contributed by atoms with Crippen LogP contribution < -0.4 is 9.47 Å². The van der Waals surface area contributed by atoms with E-state index in [1.807, 2.05) is 0 Å². The predicted octanol–water partition coefficient (Wildman–Crippen LogP) is 6.88. The van der Waals surface area contributed by atoms with Crippen LogP contribution in [0.3, 0.4) is 0 Å². The molecule has 0 bridgehead atoms. The van der Waals surface area contributed by atoms with Crippen LogP contribution in [0.1, 0.15) is 22.3 Å². The fourth-order valence-corrected chi connectivity index (χ4v) is 2.71. The Morgan fingerprint density at radius 2 is 0.867 bits per heavy atom. The summed E-state index contributed by atoms with van der Waals surface area (Å²) in [5.41, 5.74) is -1.64. The van der Waals surface area contributed by atoms with Crippen LogP contribution >= 0.6 is 0 Å². The van der Waals surface area contributed by atoms with Gasteiger partial charge in [-0.2, -0.15) is 26.3 Å². The standard InChI is InChI=1S/C22H16F6O2/c23-21(24,25)17-12-20(30-14-16-9-5-2-6-10-16)18(22(26,27)28)11-19(17)29-13-15-7-3-1-4-8-15/h1-12H,13-14H2. The largest absolute Gasteiger partial charge is 0.488 e. The highest BCUT2D eigenvalue weighted by molar-refractivity contribution is 5.49. The lowest BCUT2D eigenvalue weighted by atomic mass is 10.1. The molecule has 0 atom stereocenters. The number of hydrogen-bond acceptors (Lipinski definition) is 2. The maximum atomic E-state index is 13.5. The van der Waals surface area contributed by atoms with Crippen LogP contribution in [0.2, 0.25) is 0 Å². The van der Waals surface area contributed by atoms with E-state index in [-0.39, 0.29) is 13.2 Å². The number of hydrogen-bond donors (Lipinski definition) is 0. The molecule has 3 rings (SSSR count). The van der Waals surface area contributed by atoms with Gasteiger partial charge in [-0.1, -0.05) is 60.7 Å². The molecule has 0 amide bonds. The molecule has 3 aromatic rings. The Morgan fingerprint density at radius 3 is 1.17 bits per heavy atom. The minimum atomic E-state index is -4.93. The van der Waals surface area contributed by atoms with Crippen molar-refractivity contribution >= 4 is 0 Å². The molecule has 2 nitrogen and oxygen atoms in total. The van der Waals surface area contributed by atoms with Gasteiger partial charge < -0.3 is 9.47 Å². The molecule has 0 unspecified atom stereocenters. The summed E-state index contributed by atoms with van der Waals surface area (Å²) in [4.78, 5) is 0. The molecule has 158 valence electrons. The van der Waals surface area contributed by atoms with E-state index in [0.717, 1.165) is 0 Å². The average Bonchev–Trinajstić information content (AvgIpc) is 2.70. The summed E-state index contributed by atoms with van der Waals surface area (Å²) in [7, 11) is 0. The molecule has 0 heterocycles. The normalized spacial score (nSPS) is 11.9. The zero-order chi connectivity index (χ0) is 21.8. The second kappa shape index (κ2) is 8.69. The predicted molar refractivity (Wildman–Crippen MR) is 98.0 cm³/mol. The van der Waals surface area contributed by atoms with Crippen molar-refractivity contribution in [3.05, 3.63) is 95.1 Å². The molecule has 0 N–H and O–H groups in total. The number of ether oxygens (including phenoxy) is 2. The Labute approximate surface area is 168 Å². The van der Waals surface area contributed by atoms with E-state index < -0.39 is 35.0 Å². The number of halogens is 6. The molecule has 8 heteroatoms. The van der Waals surface area contributed by atoms with Crippen molar-refractivity contribution in [2.75, 3.05) is 0 Å². The lowest BCUT2D eigenvalue weighted by Crippen LogP contribution is -2.14. The summed E-state index contributed by atoms with van der Waals surface area (Å²) in [5, 5.41) is 0. The fraction of sp³-hybridized carbons (Fsp3) is 0.182. The molecule has 0 radical (unpaired) electrons. The summed E-state index contributed by atoms with van der Waals surface area (Å²) in [6, 6.07) is 17.0. The monoisotopic (exact) mass is 426 g/mol. The van der Waals surface area contributed by atoms with E-state index >= 15 is 0 Å². The summed E-state index contributed by atoms with van der Waals surface area (Å²) in [6.45, 7) is -0.628. The first-order valence-corrected chi connectivity index (χ1v) is 8.80. The van der Waals surface area contributed by atoms with Crippen LogP contribution in [0.5, 0.6) is 11.5 Å². The van der Waals surface area contributed by atoms with Gasteiger partial charge in [0.25, 0.3) is 0 Å². The first kappa shape index (κ1) is 21.5. The second-order valence-electron chi connectivity index (χ2n) is 6.39. The van der Waals surface area contributed by atoms with Crippen LogP contribution in [0, 0.1) is 0 Å². The van der Waals surface area contributed by atoms with Crippen molar-refractivity contribution in [1.29, 1.82) is 0 Å². The minimum Gasteiger partial charge on any atom is -0.488 e. The molecular formula is C22H16F6O2. The maximum absolute atomic E-state index is 13.5. The Balaban J connectivity index is 1.97. The van der Waals surface area contributed by atoms with Crippen molar-refractivity contribution in [3.63, 3.8) is 0 Å². The van der Waals surface area contributed by atoms with E-state index in [9.17, 15) is 26.3 Å². The lowest BCUT2D eigenvalue weighted by Gasteiger charge is -2.20. The zero-order valence-corrected chi connectivity index (χ0v) is 15.4. The summed E-state index contributed by atoms with van der Waals surface area (Å²) in [5.74, 6) is -1.82. The molecule has 0 aromatic heterocycles.